The standard InChI is InChI=1S/C23H29N5O3/c1-16(2)22(30)27-21-20(24-12-13-25-21)23(31)26-18-10-14-28(15-11-18)19(29)9-8-17-6-4-3-5-7-17/h3-7,12-13,16,18H,8-11,14-15H2,1-2H3,(H,26,31)(H,25,27,30). The first kappa shape index (κ1) is 22.4. The van der Waals surface area contributed by atoms with E-state index in [9.17, 15) is 14.4 Å². The topological polar surface area (TPSA) is 104 Å². The Kier molecular flexibility index (Phi) is 7.70. The van der Waals surface area contributed by atoms with Crippen LogP contribution in [0.3, 0.4) is 0 Å². The molecule has 1 saturated heterocycles. The Morgan fingerprint density at radius 1 is 1.06 bits per heavy atom. The molecule has 0 unspecified atom stereocenters. The Morgan fingerprint density at radius 3 is 2.42 bits per heavy atom. The number of carbonyl (C=O) groups excluding carboxylic acids is 3. The number of likely N-dealkylation sites (tertiary alicyclic amines) is 1. The van der Waals surface area contributed by atoms with Crippen LogP contribution in [-0.2, 0) is 16.0 Å². The Hall–Kier alpha value is -3.29. The van der Waals surface area contributed by atoms with E-state index in [1.54, 1.807) is 13.8 Å². The van der Waals surface area contributed by atoms with E-state index < -0.39 is 0 Å². The minimum Gasteiger partial charge on any atom is -0.348 e. The molecule has 1 aromatic heterocycles. The number of hydrogen-bond acceptors (Lipinski definition) is 5. The molecule has 0 saturated carbocycles. The van der Waals surface area contributed by atoms with Gasteiger partial charge in [-0.2, -0.15) is 0 Å². The summed E-state index contributed by atoms with van der Waals surface area (Å²) in [6.07, 6.45) is 5.43. The van der Waals surface area contributed by atoms with E-state index in [1.165, 1.54) is 12.4 Å². The lowest BCUT2D eigenvalue weighted by molar-refractivity contribution is -0.132. The Morgan fingerprint density at radius 2 is 1.74 bits per heavy atom. The van der Waals surface area contributed by atoms with Crippen molar-refractivity contribution >= 4 is 23.5 Å². The number of aryl methyl sites for hydroxylation is 1. The van der Waals surface area contributed by atoms with Gasteiger partial charge < -0.3 is 15.5 Å². The highest BCUT2D eigenvalue weighted by Crippen LogP contribution is 2.15. The fourth-order valence-corrected chi connectivity index (χ4v) is 3.44. The molecule has 0 spiro atoms. The summed E-state index contributed by atoms with van der Waals surface area (Å²) in [5.41, 5.74) is 1.25. The number of benzene rings is 1. The maximum absolute atomic E-state index is 12.7. The molecule has 164 valence electrons. The first-order valence-corrected chi connectivity index (χ1v) is 10.7. The van der Waals surface area contributed by atoms with E-state index in [2.05, 4.69) is 20.6 Å². The van der Waals surface area contributed by atoms with Crippen molar-refractivity contribution in [1.29, 1.82) is 0 Å². The highest BCUT2D eigenvalue weighted by atomic mass is 16.2. The highest BCUT2D eigenvalue weighted by molar-refractivity contribution is 6.01. The summed E-state index contributed by atoms with van der Waals surface area (Å²) >= 11 is 0. The minimum absolute atomic E-state index is 0.0543. The quantitative estimate of drug-likeness (QED) is 0.712. The smallest absolute Gasteiger partial charge is 0.273 e. The summed E-state index contributed by atoms with van der Waals surface area (Å²) in [6, 6.07) is 9.92. The molecule has 1 aliphatic heterocycles. The second kappa shape index (κ2) is 10.7. The Labute approximate surface area is 182 Å². The molecule has 8 heteroatoms. The largest absolute Gasteiger partial charge is 0.348 e. The number of piperidine rings is 1. The van der Waals surface area contributed by atoms with Crippen LogP contribution in [0.1, 0.15) is 49.2 Å². The van der Waals surface area contributed by atoms with E-state index in [0.717, 1.165) is 12.0 Å². The first-order valence-electron chi connectivity index (χ1n) is 10.7. The van der Waals surface area contributed by atoms with Gasteiger partial charge in [-0.05, 0) is 24.8 Å². The first-order chi connectivity index (χ1) is 14.9. The van der Waals surface area contributed by atoms with E-state index >= 15 is 0 Å². The number of carbonyl (C=O) groups is 3. The van der Waals surface area contributed by atoms with E-state index in [4.69, 9.17) is 0 Å². The summed E-state index contributed by atoms with van der Waals surface area (Å²) in [6.45, 7) is 4.74. The molecule has 0 atom stereocenters. The lowest BCUT2D eigenvalue weighted by Gasteiger charge is -2.32. The van der Waals surface area contributed by atoms with E-state index in [0.29, 0.717) is 32.4 Å². The van der Waals surface area contributed by atoms with Crippen LogP contribution in [0.25, 0.3) is 0 Å². The van der Waals surface area contributed by atoms with Crippen molar-refractivity contribution in [3.8, 4) is 0 Å². The highest BCUT2D eigenvalue weighted by Gasteiger charge is 2.25. The van der Waals surface area contributed by atoms with Crippen molar-refractivity contribution in [3.05, 3.63) is 54.0 Å². The molecule has 0 aliphatic carbocycles. The monoisotopic (exact) mass is 423 g/mol. The van der Waals surface area contributed by atoms with Crippen LogP contribution in [0.4, 0.5) is 5.82 Å². The molecule has 0 radical (unpaired) electrons. The molecule has 2 heterocycles. The zero-order valence-electron chi connectivity index (χ0n) is 18.0. The molecule has 2 aromatic rings. The number of nitrogens with one attached hydrogen (secondary N) is 2. The summed E-state index contributed by atoms with van der Waals surface area (Å²) in [7, 11) is 0. The maximum Gasteiger partial charge on any atom is 0.273 e. The van der Waals surface area contributed by atoms with Gasteiger partial charge in [0.05, 0.1) is 0 Å². The van der Waals surface area contributed by atoms with Crippen LogP contribution in [0.2, 0.25) is 0 Å². The normalized spacial score (nSPS) is 14.4. The number of nitrogens with zero attached hydrogens (tertiary/aromatic N) is 3. The molecule has 3 rings (SSSR count). The average molecular weight is 424 g/mol. The van der Waals surface area contributed by atoms with Gasteiger partial charge in [-0.15, -0.1) is 0 Å². The van der Waals surface area contributed by atoms with Crippen LogP contribution in [0.5, 0.6) is 0 Å². The van der Waals surface area contributed by atoms with E-state index in [-0.39, 0.29) is 41.2 Å². The van der Waals surface area contributed by atoms with Crippen LogP contribution in [-0.4, -0.2) is 51.7 Å². The fraction of sp³-hybridized carbons (Fsp3) is 0.435. The average Bonchev–Trinajstić information content (AvgIpc) is 2.79. The summed E-state index contributed by atoms with van der Waals surface area (Å²) in [5, 5.41) is 5.62. The number of amides is 3. The predicted octanol–water partition coefficient (Wildman–Crippen LogP) is 2.42. The molecular weight excluding hydrogens is 394 g/mol. The van der Waals surface area contributed by atoms with Crippen molar-refractivity contribution < 1.29 is 14.4 Å². The van der Waals surface area contributed by atoms with Gasteiger partial charge in [0.25, 0.3) is 5.91 Å². The Balaban J connectivity index is 1.49. The molecule has 0 bridgehead atoms. The van der Waals surface area contributed by atoms with Crippen LogP contribution in [0, 0.1) is 5.92 Å². The van der Waals surface area contributed by atoms with Crippen molar-refractivity contribution in [2.24, 2.45) is 5.92 Å². The van der Waals surface area contributed by atoms with Gasteiger partial charge in [0, 0.05) is 43.9 Å². The minimum atomic E-state index is -0.374. The number of aromatic nitrogens is 2. The van der Waals surface area contributed by atoms with Crippen LogP contribution >= 0.6 is 0 Å². The summed E-state index contributed by atoms with van der Waals surface area (Å²) in [5.74, 6) is -0.534. The molecule has 2 N–H and O–H groups in total. The Bertz CT molecular complexity index is 908. The number of hydrogen-bond donors (Lipinski definition) is 2. The van der Waals surface area contributed by atoms with E-state index in [1.807, 2.05) is 35.2 Å². The van der Waals surface area contributed by atoms with Crippen molar-refractivity contribution in [1.82, 2.24) is 20.2 Å². The van der Waals surface area contributed by atoms with Gasteiger partial charge in [-0.1, -0.05) is 44.2 Å². The zero-order chi connectivity index (χ0) is 22.2. The maximum atomic E-state index is 12.7. The molecule has 31 heavy (non-hydrogen) atoms. The molecular formula is C23H29N5O3. The lowest BCUT2D eigenvalue weighted by Crippen LogP contribution is -2.46. The zero-order valence-corrected chi connectivity index (χ0v) is 18.0. The number of anilines is 1. The molecule has 8 nitrogen and oxygen atoms in total. The van der Waals surface area contributed by atoms with Gasteiger partial charge in [-0.3, -0.25) is 14.4 Å². The third-order valence-electron chi connectivity index (χ3n) is 5.33. The second-order valence-electron chi connectivity index (χ2n) is 8.01. The molecule has 1 aromatic carbocycles. The van der Waals surface area contributed by atoms with Gasteiger partial charge in [0.15, 0.2) is 11.5 Å². The van der Waals surface area contributed by atoms with Gasteiger partial charge in [-0.25, -0.2) is 9.97 Å². The lowest BCUT2D eigenvalue weighted by atomic mass is 10.0. The third kappa shape index (κ3) is 6.34. The van der Waals surface area contributed by atoms with Crippen molar-refractivity contribution in [2.75, 3.05) is 18.4 Å². The molecule has 1 fully saturated rings. The van der Waals surface area contributed by atoms with Crippen LogP contribution < -0.4 is 10.6 Å². The van der Waals surface area contributed by atoms with Crippen molar-refractivity contribution in [2.45, 2.75) is 45.6 Å². The summed E-state index contributed by atoms with van der Waals surface area (Å²) < 4.78 is 0. The van der Waals surface area contributed by atoms with Gasteiger partial charge in [0.2, 0.25) is 11.8 Å². The van der Waals surface area contributed by atoms with Gasteiger partial charge >= 0.3 is 0 Å². The molecule has 1 aliphatic rings. The fourth-order valence-electron chi connectivity index (χ4n) is 3.44. The van der Waals surface area contributed by atoms with Crippen LogP contribution in [0.15, 0.2) is 42.7 Å². The summed E-state index contributed by atoms with van der Waals surface area (Å²) in [4.78, 5) is 47.2. The second-order valence-corrected chi connectivity index (χ2v) is 8.01. The molecule has 3 amide bonds. The number of rotatable bonds is 7. The SMILES string of the molecule is CC(C)C(=O)Nc1nccnc1C(=O)NC1CCN(C(=O)CCc2ccccc2)CC1. The van der Waals surface area contributed by atoms with Gasteiger partial charge in [0.1, 0.15) is 0 Å². The third-order valence-corrected chi connectivity index (χ3v) is 5.33. The predicted molar refractivity (Wildman–Crippen MR) is 117 cm³/mol. The van der Waals surface area contributed by atoms with Crippen molar-refractivity contribution in [3.63, 3.8) is 0 Å².